The Hall–Kier alpha value is -2.30. The van der Waals surface area contributed by atoms with E-state index < -0.39 is 22.6 Å². The number of nitrogens with zero attached hydrogens (tertiary/aromatic N) is 1. The van der Waals surface area contributed by atoms with Crippen LogP contribution in [0.2, 0.25) is 0 Å². The predicted octanol–water partition coefficient (Wildman–Crippen LogP) is 2.29. The summed E-state index contributed by atoms with van der Waals surface area (Å²) in [5.74, 6) is 0.0999. The van der Waals surface area contributed by atoms with E-state index in [0.29, 0.717) is 19.1 Å². The number of benzene rings is 1. The van der Waals surface area contributed by atoms with E-state index >= 15 is 0 Å². The van der Waals surface area contributed by atoms with Crippen molar-refractivity contribution in [2.24, 2.45) is 5.92 Å². The molecule has 1 saturated heterocycles. The van der Waals surface area contributed by atoms with Crippen molar-refractivity contribution in [3.05, 3.63) is 41.1 Å². The van der Waals surface area contributed by atoms with Gasteiger partial charge in [0.2, 0.25) is 5.91 Å². The zero-order valence-electron chi connectivity index (χ0n) is 17.1. The van der Waals surface area contributed by atoms with Crippen LogP contribution in [0.1, 0.15) is 37.7 Å². The van der Waals surface area contributed by atoms with Crippen molar-refractivity contribution in [1.29, 1.82) is 0 Å². The molecule has 1 heterocycles. The Kier molecular flexibility index (Phi) is 6.68. The van der Waals surface area contributed by atoms with Crippen molar-refractivity contribution in [3.8, 4) is 5.75 Å². The molecule has 8 nitrogen and oxygen atoms in total. The number of hydrogen-bond acceptors (Lipinski definition) is 5. The van der Waals surface area contributed by atoms with E-state index in [0.717, 1.165) is 31.2 Å². The molecule has 0 radical (unpaired) electrons. The lowest BCUT2D eigenvalue weighted by Crippen LogP contribution is -2.50. The van der Waals surface area contributed by atoms with Gasteiger partial charge in [0.05, 0.1) is 18.8 Å². The molecule has 31 heavy (non-hydrogen) atoms. The number of carbonyl (C=O) groups excluding carboxylic acids is 2. The summed E-state index contributed by atoms with van der Waals surface area (Å²) in [6, 6.07) is 4.34. The van der Waals surface area contributed by atoms with E-state index in [2.05, 4.69) is 10.0 Å². The molecular formula is C21H26FN3O5S. The van der Waals surface area contributed by atoms with Crippen LogP contribution >= 0.6 is 0 Å². The van der Waals surface area contributed by atoms with Crippen LogP contribution in [0.3, 0.4) is 0 Å². The Bertz CT molecular complexity index is 901. The quantitative estimate of drug-likeness (QED) is 0.503. The summed E-state index contributed by atoms with van der Waals surface area (Å²) >= 11 is 0. The number of halogens is 1. The second-order valence-electron chi connectivity index (χ2n) is 8.12. The lowest BCUT2D eigenvalue weighted by molar-refractivity contribution is -0.122. The number of nitrogens with one attached hydrogen (secondary N) is 2. The second kappa shape index (κ2) is 9.46. The van der Waals surface area contributed by atoms with Gasteiger partial charge >= 0.3 is 6.03 Å². The van der Waals surface area contributed by atoms with Gasteiger partial charge in [-0.25, -0.2) is 18.1 Å². The van der Waals surface area contributed by atoms with Gasteiger partial charge in [0, 0.05) is 18.4 Å². The van der Waals surface area contributed by atoms with Crippen LogP contribution in [-0.2, 0) is 26.1 Å². The minimum atomic E-state index is -1.44. The van der Waals surface area contributed by atoms with Gasteiger partial charge in [-0.15, -0.1) is 0 Å². The fourth-order valence-electron chi connectivity index (χ4n) is 3.28. The largest absolute Gasteiger partial charge is 0.490 e. The summed E-state index contributed by atoms with van der Waals surface area (Å²) in [4.78, 5) is 24.1. The average molecular weight is 452 g/mol. The van der Waals surface area contributed by atoms with Crippen LogP contribution in [0.4, 0.5) is 9.18 Å². The van der Waals surface area contributed by atoms with Crippen molar-refractivity contribution in [3.63, 3.8) is 0 Å². The predicted molar refractivity (Wildman–Crippen MR) is 112 cm³/mol. The monoisotopic (exact) mass is 451 g/mol. The van der Waals surface area contributed by atoms with Crippen molar-refractivity contribution in [2.45, 2.75) is 37.6 Å². The van der Waals surface area contributed by atoms with Crippen LogP contribution in [0, 0.1) is 11.7 Å². The molecule has 2 aliphatic carbocycles. The molecule has 1 unspecified atom stereocenters. The van der Waals surface area contributed by atoms with Gasteiger partial charge in [-0.3, -0.25) is 10.1 Å². The number of amides is 3. The van der Waals surface area contributed by atoms with Gasteiger partial charge in [-0.05, 0) is 55.4 Å². The van der Waals surface area contributed by atoms with Gasteiger partial charge in [0.15, 0.2) is 11.6 Å². The van der Waals surface area contributed by atoms with Gasteiger partial charge in [-0.2, -0.15) is 0 Å². The Labute approximate surface area is 182 Å². The molecule has 1 aliphatic heterocycles. The first-order chi connectivity index (χ1) is 14.9. The molecule has 4 rings (SSSR count). The maximum absolute atomic E-state index is 14.1. The summed E-state index contributed by atoms with van der Waals surface area (Å²) in [7, 11) is -1.44. The van der Waals surface area contributed by atoms with Gasteiger partial charge in [0.25, 0.3) is 0 Å². The number of urea groups is 1. The Morgan fingerprint density at radius 2 is 2.13 bits per heavy atom. The van der Waals surface area contributed by atoms with Crippen LogP contribution < -0.4 is 14.8 Å². The molecule has 2 N–H and O–H groups in total. The number of hydrogen-bond donors (Lipinski definition) is 2. The van der Waals surface area contributed by atoms with E-state index in [1.807, 2.05) is 0 Å². The SMILES string of the molecule is O=C1CCN(COC/C=C/S(=O)NC2(c3ccc(F)c(OCC4CC4)c3)CC2)C(=O)N1. The molecule has 0 spiro atoms. The highest BCUT2D eigenvalue weighted by molar-refractivity contribution is 7.86. The normalized spacial score (nSPS) is 21.3. The average Bonchev–Trinajstić information content (AvgIpc) is 3.65. The molecule has 1 aromatic rings. The lowest BCUT2D eigenvalue weighted by atomic mass is 10.1. The maximum atomic E-state index is 14.1. The van der Waals surface area contributed by atoms with Crippen LogP contribution in [0.15, 0.2) is 29.7 Å². The van der Waals surface area contributed by atoms with E-state index in [-0.39, 0.29) is 37.2 Å². The first-order valence-corrected chi connectivity index (χ1v) is 11.6. The van der Waals surface area contributed by atoms with Gasteiger partial charge in [-0.1, -0.05) is 6.07 Å². The van der Waals surface area contributed by atoms with Crippen LogP contribution in [0.5, 0.6) is 5.75 Å². The minimum Gasteiger partial charge on any atom is -0.490 e. The molecule has 3 fully saturated rings. The van der Waals surface area contributed by atoms with Crippen LogP contribution in [-0.4, -0.2) is 47.5 Å². The summed E-state index contributed by atoms with van der Waals surface area (Å²) in [6.45, 7) is 1.07. The van der Waals surface area contributed by atoms with Crippen molar-refractivity contribution < 1.29 is 27.7 Å². The highest BCUT2D eigenvalue weighted by Crippen LogP contribution is 2.47. The van der Waals surface area contributed by atoms with Gasteiger partial charge in [0.1, 0.15) is 17.7 Å². The molecular weight excluding hydrogens is 425 g/mol. The van der Waals surface area contributed by atoms with E-state index in [1.165, 1.54) is 16.4 Å². The number of ether oxygens (including phenoxy) is 2. The molecule has 10 heteroatoms. The Morgan fingerprint density at radius 1 is 1.32 bits per heavy atom. The minimum absolute atomic E-state index is 0.0483. The summed E-state index contributed by atoms with van der Waals surface area (Å²) < 4.78 is 40.6. The molecule has 0 aromatic heterocycles. The number of rotatable bonds is 11. The van der Waals surface area contributed by atoms with Crippen molar-refractivity contribution >= 4 is 22.9 Å². The molecule has 2 saturated carbocycles. The second-order valence-corrected chi connectivity index (χ2v) is 9.19. The third kappa shape index (κ3) is 5.90. The molecule has 168 valence electrons. The first kappa shape index (κ1) is 21.9. The highest BCUT2D eigenvalue weighted by atomic mass is 32.2. The van der Waals surface area contributed by atoms with Crippen LogP contribution in [0.25, 0.3) is 0 Å². The molecule has 0 bridgehead atoms. The van der Waals surface area contributed by atoms with E-state index in [9.17, 15) is 18.2 Å². The third-order valence-electron chi connectivity index (χ3n) is 5.52. The smallest absolute Gasteiger partial charge is 0.325 e. The first-order valence-electron chi connectivity index (χ1n) is 10.4. The highest BCUT2D eigenvalue weighted by Gasteiger charge is 2.45. The Balaban J connectivity index is 1.24. The summed E-state index contributed by atoms with van der Waals surface area (Å²) in [6.07, 6.45) is 5.73. The van der Waals surface area contributed by atoms with E-state index in [1.54, 1.807) is 18.2 Å². The number of imide groups is 1. The maximum Gasteiger partial charge on any atom is 0.325 e. The zero-order valence-corrected chi connectivity index (χ0v) is 17.9. The summed E-state index contributed by atoms with van der Waals surface area (Å²) in [5.41, 5.74) is 0.420. The van der Waals surface area contributed by atoms with Crippen molar-refractivity contribution in [2.75, 3.05) is 26.5 Å². The molecule has 1 atom stereocenters. The van der Waals surface area contributed by atoms with E-state index in [4.69, 9.17) is 9.47 Å². The lowest BCUT2D eigenvalue weighted by Gasteiger charge is -2.25. The standard InChI is InChI=1S/C21H26FN3O5S/c22-17-5-4-16(12-18(17)30-13-15-2-3-15)21(7-8-21)24-31(28)11-1-10-29-14-25-9-6-19(26)23-20(25)27/h1,4-5,11-12,15,24H,2-3,6-10,13-14H2,(H,23,26,27)/b11-1+. The topological polar surface area (TPSA) is 97.0 Å². The Morgan fingerprint density at radius 3 is 2.84 bits per heavy atom. The summed E-state index contributed by atoms with van der Waals surface area (Å²) in [5, 5.41) is 3.71. The molecule has 3 amide bonds. The van der Waals surface area contributed by atoms with Gasteiger partial charge < -0.3 is 14.4 Å². The fraction of sp³-hybridized carbons (Fsp3) is 0.524. The molecule has 1 aromatic carbocycles. The third-order valence-corrected chi connectivity index (χ3v) is 6.56. The fourth-order valence-corrected chi connectivity index (χ4v) is 4.31. The van der Waals surface area contributed by atoms with Crippen molar-refractivity contribution in [1.82, 2.24) is 14.9 Å². The molecule has 3 aliphatic rings. The number of carbonyl (C=O) groups is 2. The zero-order chi connectivity index (χ0) is 21.8.